The highest BCUT2D eigenvalue weighted by Crippen LogP contribution is 2.22. The third-order valence-electron chi connectivity index (χ3n) is 2.15. The summed E-state index contributed by atoms with van der Waals surface area (Å²) < 4.78 is 5.06. The number of H-pyrrole nitrogens is 1. The zero-order valence-electron chi connectivity index (χ0n) is 7.70. The van der Waals surface area contributed by atoms with E-state index in [9.17, 15) is 4.79 Å². The minimum atomic E-state index is -0.429. The van der Waals surface area contributed by atoms with E-state index in [4.69, 9.17) is 10.5 Å². The van der Waals surface area contributed by atoms with Crippen molar-refractivity contribution in [2.75, 3.05) is 7.11 Å². The molecule has 3 N–H and O–H groups in total. The van der Waals surface area contributed by atoms with Crippen molar-refractivity contribution in [2.24, 2.45) is 5.73 Å². The van der Waals surface area contributed by atoms with E-state index in [2.05, 4.69) is 4.98 Å². The number of aromatic amines is 1. The van der Waals surface area contributed by atoms with Crippen LogP contribution in [0.4, 0.5) is 0 Å². The Balaban J connectivity index is 2.65. The number of methoxy groups -OCH3 is 1. The van der Waals surface area contributed by atoms with Gasteiger partial charge in [-0.1, -0.05) is 0 Å². The molecule has 0 unspecified atom stereocenters. The lowest BCUT2D eigenvalue weighted by Crippen LogP contribution is -2.09. The molecule has 0 aliphatic heterocycles. The Morgan fingerprint density at radius 1 is 1.50 bits per heavy atom. The first-order valence-electron chi connectivity index (χ1n) is 4.17. The normalized spacial score (nSPS) is 10.4. The van der Waals surface area contributed by atoms with Crippen LogP contribution in [0, 0.1) is 0 Å². The summed E-state index contributed by atoms with van der Waals surface area (Å²) in [5.41, 5.74) is 6.55. The van der Waals surface area contributed by atoms with Crippen LogP contribution < -0.4 is 10.5 Å². The fourth-order valence-electron chi connectivity index (χ4n) is 1.44. The first kappa shape index (κ1) is 8.62. The van der Waals surface area contributed by atoms with Crippen molar-refractivity contribution in [3.8, 4) is 5.75 Å². The van der Waals surface area contributed by atoms with Gasteiger partial charge in [0.05, 0.1) is 12.7 Å². The van der Waals surface area contributed by atoms with Crippen molar-refractivity contribution in [1.29, 1.82) is 0 Å². The van der Waals surface area contributed by atoms with E-state index < -0.39 is 5.91 Å². The minimum Gasteiger partial charge on any atom is -0.497 e. The average Bonchev–Trinajstić information content (AvgIpc) is 2.59. The molecule has 0 bridgehead atoms. The molecule has 1 aromatic carbocycles. The van der Waals surface area contributed by atoms with Crippen LogP contribution in [0.3, 0.4) is 0 Å². The maximum atomic E-state index is 11.0. The van der Waals surface area contributed by atoms with E-state index in [1.54, 1.807) is 19.4 Å². The molecule has 0 saturated heterocycles. The maximum Gasteiger partial charge on any atom is 0.250 e. The number of rotatable bonds is 2. The molecule has 2 rings (SSSR count). The van der Waals surface area contributed by atoms with Gasteiger partial charge in [-0.05, 0) is 12.1 Å². The van der Waals surface area contributed by atoms with Gasteiger partial charge in [-0.2, -0.15) is 0 Å². The molecule has 0 fully saturated rings. The molecule has 1 amide bonds. The van der Waals surface area contributed by atoms with Crippen LogP contribution >= 0.6 is 0 Å². The predicted octanol–water partition coefficient (Wildman–Crippen LogP) is 1.28. The predicted molar refractivity (Wildman–Crippen MR) is 53.4 cm³/mol. The molecular weight excluding hydrogens is 180 g/mol. The maximum absolute atomic E-state index is 11.0. The van der Waals surface area contributed by atoms with Crippen molar-refractivity contribution in [1.82, 2.24) is 4.98 Å². The molecule has 0 aliphatic rings. The number of primary amides is 1. The standard InChI is InChI=1S/C10H10N2O2/c1-14-6-2-3-7-8(10(11)13)5-12-9(7)4-6/h2-5,12H,1H3,(H2,11,13). The second kappa shape index (κ2) is 3.06. The number of hydrogen-bond acceptors (Lipinski definition) is 2. The number of fused-ring (bicyclic) bond motifs is 1. The van der Waals surface area contributed by atoms with Gasteiger partial charge in [0.25, 0.3) is 5.91 Å². The highest BCUT2D eigenvalue weighted by molar-refractivity contribution is 6.06. The Hall–Kier alpha value is -1.97. The van der Waals surface area contributed by atoms with E-state index in [1.165, 1.54) is 0 Å². The Bertz CT molecular complexity index is 488. The number of nitrogens with two attached hydrogens (primary N) is 1. The number of benzene rings is 1. The van der Waals surface area contributed by atoms with Crippen molar-refractivity contribution >= 4 is 16.8 Å². The van der Waals surface area contributed by atoms with Gasteiger partial charge in [0.1, 0.15) is 5.75 Å². The number of carbonyl (C=O) groups excluding carboxylic acids is 1. The van der Waals surface area contributed by atoms with Gasteiger partial charge in [0.15, 0.2) is 0 Å². The molecule has 0 saturated carbocycles. The Kier molecular flexibility index (Phi) is 1.89. The molecule has 0 aliphatic carbocycles. The number of aromatic nitrogens is 1. The largest absolute Gasteiger partial charge is 0.497 e. The summed E-state index contributed by atoms with van der Waals surface area (Å²) in [5, 5.41) is 0.818. The first-order chi connectivity index (χ1) is 6.72. The third-order valence-corrected chi connectivity index (χ3v) is 2.15. The van der Waals surface area contributed by atoms with Crippen LogP contribution in [-0.2, 0) is 0 Å². The lowest BCUT2D eigenvalue weighted by atomic mass is 10.1. The number of ether oxygens (including phenoxy) is 1. The van der Waals surface area contributed by atoms with Gasteiger partial charge in [0, 0.05) is 23.2 Å². The molecule has 2 aromatic rings. The van der Waals surface area contributed by atoms with Crippen molar-refractivity contribution in [3.63, 3.8) is 0 Å². The van der Waals surface area contributed by atoms with Gasteiger partial charge in [-0.15, -0.1) is 0 Å². The number of nitrogens with one attached hydrogen (secondary N) is 1. The third kappa shape index (κ3) is 1.21. The lowest BCUT2D eigenvalue weighted by molar-refractivity contribution is 0.100. The number of carbonyl (C=O) groups is 1. The van der Waals surface area contributed by atoms with E-state index >= 15 is 0 Å². The van der Waals surface area contributed by atoms with Crippen LogP contribution in [0.15, 0.2) is 24.4 Å². The molecule has 0 spiro atoms. The van der Waals surface area contributed by atoms with E-state index in [1.807, 2.05) is 12.1 Å². The number of hydrogen-bond donors (Lipinski definition) is 2. The first-order valence-corrected chi connectivity index (χ1v) is 4.17. The summed E-state index contributed by atoms with van der Waals surface area (Å²) in [6.07, 6.45) is 1.60. The van der Waals surface area contributed by atoms with Crippen LogP contribution in [0.1, 0.15) is 10.4 Å². The van der Waals surface area contributed by atoms with Crippen LogP contribution in [-0.4, -0.2) is 18.0 Å². The highest BCUT2D eigenvalue weighted by atomic mass is 16.5. The van der Waals surface area contributed by atoms with Gasteiger partial charge in [0.2, 0.25) is 0 Å². The zero-order valence-corrected chi connectivity index (χ0v) is 7.70. The quantitative estimate of drug-likeness (QED) is 0.748. The topological polar surface area (TPSA) is 68.1 Å². The van der Waals surface area contributed by atoms with Gasteiger partial charge in [-0.25, -0.2) is 0 Å². The average molecular weight is 190 g/mol. The molecular formula is C10H10N2O2. The molecule has 72 valence electrons. The van der Waals surface area contributed by atoms with Crippen LogP contribution in [0.25, 0.3) is 10.9 Å². The SMILES string of the molecule is COc1ccc2c(C(N)=O)c[nH]c2c1. The fraction of sp³-hybridized carbons (Fsp3) is 0.100. The Labute approximate surface area is 80.7 Å². The molecule has 0 atom stereocenters. The second-order valence-electron chi connectivity index (χ2n) is 2.98. The summed E-state index contributed by atoms with van der Waals surface area (Å²) in [7, 11) is 1.60. The van der Waals surface area contributed by atoms with Crippen LogP contribution in [0.5, 0.6) is 5.75 Å². The van der Waals surface area contributed by atoms with Crippen molar-refractivity contribution in [2.45, 2.75) is 0 Å². The lowest BCUT2D eigenvalue weighted by Gasteiger charge is -1.98. The molecule has 4 heteroatoms. The molecule has 0 radical (unpaired) electrons. The fourth-order valence-corrected chi connectivity index (χ4v) is 1.44. The molecule has 4 nitrogen and oxygen atoms in total. The summed E-state index contributed by atoms with van der Waals surface area (Å²) >= 11 is 0. The van der Waals surface area contributed by atoms with Crippen LogP contribution in [0.2, 0.25) is 0 Å². The van der Waals surface area contributed by atoms with E-state index in [0.29, 0.717) is 5.56 Å². The summed E-state index contributed by atoms with van der Waals surface area (Å²) in [5.74, 6) is 0.316. The zero-order chi connectivity index (χ0) is 10.1. The van der Waals surface area contributed by atoms with Gasteiger partial charge < -0.3 is 15.5 Å². The van der Waals surface area contributed by atoms with Gasteiger partial charge >= 0.3 is 0 Å². The smallest absolute Gasteiger partial charge is 0.250 e. The minimum absolute atomic E-state index is 0.429. The van der Waals surface area contributed by atoms with Crippen molar-refractivity contribution < 1.29 is 9.53 Å². The molecule has 14 heavy (non-hydrogen) atoms. The van der Waals surface area contributed by atoms with Crippen molar-refractivity contribution in [3.05, 3.63) is 30.0 Å². The number of amides is 1. The highest BCUT2D eigenvalue weighted by Gasteiger charge is 2.08. The summed E-state index contributed by atoms with van der Waals surface area (Å²) in [6.45, 7) is 0. The monoisotopic (exact) mass is 190 g/mol. The Morgan fingerprint density at radius 2 is 2.29 bits per heavy atom. The second-order valence-corrected chi connectivity index (χ2v) is 2.98. The summed E-state index contributed by atoms with van der Waals surface area (Å²) in [4.78, 5) is 14.0. The Morgan fingerprint density at radius 3 is 2.93 bits per heavy atom. The molecule has 1 heterocycles. The molecule has 1 aromatic heterocycles. The van der Waals surface area contributed by atoms with E-state index in [0.717, 1.165) is 16.7 Å². The van der Waals surface area contributed by atoms with Gasteiger partial charge in [-0.3, -0.25) is 4.79 Å². The summed E-state index contributed by atoms with van der Waals surface area (Å²) in [6, 6.07) is 5.43. The van der Waals surface area contributed by atoms with E-state index in [-0.39, 0.29) is 0 Å².